The number of hydrogen-bond donors (Lipinski definition) is 1. The van der Waals surface area contributed by atoms with Crippen LogP contribution in [-0.2, 0) is 5.41 Å². The molecular weight excluding hydrogens is 232 g/mol. The summed E-state index contributed by atoms with van der Waals surface area (Å²) in [5.41, 5.74) is 6.31. The van der Waals surface area contributed by atoms with E-state index >= 15 is 0 Å². The topological polar surface area (TPSA) is 26.0 Å². The van der Waals surface area contributed by atoms with Crippen molar-refractivity contribution in [2.45, 2.75) is 37.6 Å². The van der Waals surface area contributed by atoms with Gasteiger partial charge in [0.15, 0.2) is 0 Å². The van der Waals surface area contributed by atoms with Crippen LogP contribution in [0, 0.1) is 0 Å². The predicted molar refractivity (Wildman–Crippen MR) is 61.0 cm³/mol. The number of alkyl halides is 2. The van der Waals surface area contributed by atoms with Gasteiger partial charge in [0.05, 0.1) is 0 Å². The summed E-state index contributed by atoms with van der Waals surface area (Å²) in [5.74, 6) is 0. The Hall–Kier alpha value is -0.670. The van der Waals surface area contributed by atoms with Crippen LogP contribution in [0.15, 0.2) is 18.2 Å². The fraction of sp³-hybridized carbons (Fsp3) is 0.500. The summed E-state index contributed by atoms with van der Waals surface area (Å²) in [4.78, 5) is 0. The van der Waals surface area contributed by atoms with Crippen LogP contribution in [0.25, 0.3) is 0 Å². The molecular formula is C12H14ClF2N. The smallest absolute Gasteiger partial charge is 0.264 e. The second-order valence-electron chi connectivity index (χ2n) is 4.48. The van der Waals surface area contributed by atoms with Gasteiger partial charge in [0.1, 0.15) is 0 Å². The van der Waals surface area contributed by atoms with Crippen molar-refractivity contribution in [3.05, 3.63) is 34.3 Å². The molecule has 1 fully saturated rings. The standard InChI is InChI=1S/C12H14ClF2N/c1-7(16)12(4-5-12)10-6-8(13)2-3-9(10)11(14)15/h2-3,6-7,11H,4-5,16H2,1H3. The molecule has 1 aliphatic rings. The molecule has 1 aromatic carbocycles. The van der Waals surface area contributed by atoms with Gasteiger partial charge in [-0.2, -0.15) is 0 Å². The molecule has 2 N–H and O–H groups in total. The van der Waals surface area contributed by atoms with Gasteiger partial charge in [-0.3, -0.25) is 0 Å². The fourth-order valence-electron chi connectivity index (χ4n) is 2.25. The van der Waals surface area contributed by atoms with Crippen molar-refractivity contribution >= 4 is 11.6 Å². The first kappa shape index (κ1) is 11.8. The molecule has 0 heterocycles. The highest BCUT2D eigenvalue weighted by atomic mass is 35.5. The highest BCUT2D eigenvalue weighted by molar-refractivity contribution is 6.30. The molecule has 1 aliphatic carbocycles. The van der Waals surface area contributed by atoms with Crippen LogP contribution < -0.4 is 5.73 Å². The SMILES string of the molecule is CC(N)C1(c2cc(Cl)ccc2C(F)F)CC1. The van der Waals surface area contributed by atoms with Gasteiger partial charge in [0, 0.05) is 22.0 Å². The molecule has 88 valence electrons. The molecule has 4 heteroatoms. The molecule has 0 spiro atoms. The average Bonchev–Trinajstić information content (AvgIpc) is 2.97. The predicted octanol–water partition coefficient (Wildman–Crippen LogP) is 3.66. The highest BCUT2D eigenvalue weighted by Crippen LogP contribution is 2.53. The third-order valence-electron chi connectivity index (χ3n) is 3.45. The second-order valence-corrected chi connectivity index (χ2v) is 4.91. The zero-order valence-corrected chi connectivity index (χ0v) is 9.77. The van der Waals surface area contributed by atoms with Gasteiger partial charge in [-0.1, -0.05) is 17.7 Å². The van der Waals surface area contributed by atoms with Crippen molar-refractivity contribution in [3.8, 4) is 0 Å². The molecule has 2 rings (SSSR count). The van der Waals surface area contributed by atoms with E-state index in [1.54, 1.807) is 6.07 Å². The molecule has 1 atom stereocenters. The first-order valence-electron chi connectivity index (χ1n) is 5.31. The van der Waals surface area contributed by atoms with Crippen molar-refractivity contribution in [3.63, 3.8) is 0 Å². The van der Waals surface area contributed by atoms with Gasteiger partial charge >= 0.3 is 0 Å². The zero-order chi connectivity index (χ0) is 11.9. The van der Waals surface area contributed by atoms with E-state index < -0.39 is 6.43 Å². The average molecular weight is 246 g/mol. The summed E-state index contributed by atoms with van der Waals surface area (Å²) in [7, 11) is 0. The number of hydrogen-bond acceptors (Lipinski definition) is 1. The Morgan fingerprint density at radius 2 is 2.00 bits per heavy atom. The summed E-state index contributed by atoms with van der Waals surface area (Å²) in [6.45, 7) is 1.86. The molecule has 16 heavy (non-hydrogen) atoms. The summed E-state index contributed by atoms with van der Waals surface area (Å²) in [5, 5.41) is 0.492. The summed E-state index contributed by atoms with van der Waals surface area (Å²) in [6.07, 6.45) is -0.737. The van der Waals surface area contributed by atoms with E-state index in [0.717, 1.165) is 12.8 Å². The first-order chi connectivity index (χ1) is 7.47. The lowest BCUT2D eigenvalue weighted by Crippen LogP contribution is -2.32. The van der Waals surface area contributed by atoms with Crippen molar-refractivity contribution < 1.29 is 8.78 Å². The Balaban J connectivity index is 2.50. The first-order valence-corrected chi connectivity index (χ1v) is 5.69. The Morgan fingerprint density at radius 1 is 1.38 bits per heavy atom. The molecule has 1 nitrogen and oxygen atoms in total. The van der Waals surface area contributed by atoms with Crippen molar-refractivity contribution in [1.82, 2.24) is 0 Å². The third kappa shape index (κ3) is 1.82. The fourth-order valence-corrected chi connectivity index (χ4v) is 2.43. The minimum Gasteiger partial charge on any atom is -0.327 e. The number of nitrogens with two attached hydrogens (primary N) is 1. The van der Waals surface area contributed by atoms with E-state index in [2.05, 4.69) is 0 Å². The third-order valence-corrected chi connectivity index (χ3v) is 3.68. The number of benzene rings is 1. The molecule has 0 radical (unpaired) electrons. The Morgan fingerprint density at radius 3 is 2.44 bits per heavy atom. The van der Waals surface area contributed by atoms with E-state index in [0.29, 0.717) is 10.6 Å². The van der Waals surface area contributed by atoms with E-state index in [9.17, 15) is 8.78 Å². The number of rotatable bonds is 3. The largest absolute Gasteiger partial charge is 0.327 e. The molecule has 1 unspecified atom stereocenters. The van der Waals surface area contributed by atoms with E-state index in [1.165, 1.54) is 12.1 Å². The van der Waals surface area contributed by atoms with Crippen LogP contribution in [0.2, 0.25) is 5.02 Å². The van der Waals surface area contributed by atoms with Crippen molar-refractivity contribution in [1.29, 1.82) is 0 Å². The quantitative estimate of drug-likeness (QED) is 0.864. The Labute approximate surface area is 98.6 Å². The maximum absolute atomic E-state index is 12.9. The van der Waals surface area contributed by atoms with Gasteiger partial charge in [0.25, 0.3) is 6.43 Å². The van der Waals surface area contributed by atoms with Gasteiger partial charge < -0.3 is 5.73 Å². The highest BCUT2D eigenvalue weighted by Gasteiger charge is 2.49. The van der Waals surface area contributed by atoms with Crippen LogP contribution in [-0.4, -0.2) is 6.04 Å². The van der Waals surface area contributed by atoms with Crippen molar-refractivity contribution in [2.75, 3.05) is 0 Å². The van der Waals surface area contributed by atoms with Crippen molar-refractivity contribution in [2.24, 2.45) is 5.73 Å². The van der Waals surface area contributed by atoms with Crippen LogP contribution in [0.4, 0.5) is 8.78 Å². The van der Waals surface area contributed by atoms with E-state index in [-0.39, 0.29) is 17.0 Å². The van der Waals surface area contributed by atoms with E-state index in [4.69, 9.17) is 17.3 Å². The minimum absolute atomic E-state index is 0.0687. The van der Waals surface area contributed by atoms with Crippen LogP contribution in [0.5, 0.6) is 0 Å². The van der Waals surface area contributed by atoms with Gasteiger partial charge in [-0.25, -0.2) is 8.78 Å². The lowest BCUT2D eigenvalue weighted by atomic mass is 9.86. The summed E-state index contributed by atoms with van der Waals surface area (Å²) in [6, 6.07) is 4.43. The molecule has 0 bridgehead atoms. The Kier molecular flexibility index (Phi) is 2.93. The lowest BCUT2D eigenvalue weighted by molar-refractivity contribution is 0.149. The molecule has 1 aromatic rings. The van der Waals surface area contributed by atoms with Gasteiger partial charge in [-0.15, -0.1) is 0 Å². The maximum atomic E-state index is 12.9. The summed E-state index contributed by atoms with van der Waals surface area (Å²) >= 11 is 5.87. The molecule has 0 aliphatic heterocycles. The molecule has 0 aromatic heterocycles. The van der Waals surface area contributed by atoms with Crippen LogP contribution >= 0.6 is 11.6 Å². The molecule has 1 saturated carbocycles. The minimum atomic E-state index is -2.47. The van der Waals surface area contributed by atoms with Crippen LogP contribution in [0.3, 0.4) is 0 Å². The van der Waals surface area contributed by atoms with Crippen LogP contribution in [0.1, 0.15) is 37.3 Å². The van der Waals surface area contributed by atoms with Gasteiger partial charge in [-0.05, 0) is 37.5 Å². The van der Waals surface area contributed by atoms with Gasteiger partial charge in [0.2, 0.25) is 0 Å². The molecule has 0 saturated heterocycles. The zero-order valence-electron chi connectivity index (χ0n) is 9.01. The number of halogens is 3. The monoisotopic (exact) mass is 245 g/mol. The van der Waals surface area contributed by atoms with E-state index in [1.807, 2.05) is 6.92 Å². The normalized spacial score (nSPS) is 19.9. The molecule has 0 amide bonds. The second kappa shape index (κ2) is 3.97. The Bertz CT molecular complexity index is 400. The maximum Gasteiger partial charge on any atom is 0.264 e. The summed E-state index contributed by atoms with van der Waals surface area (Å²) < 4.78 is 25.8. The lowest BCUT2D eigenvalue weighted by Gasteiger charge is -2.23.